The van der Waals surface area contributed by atoms with E-state index in [0.29, 0.717) is 21.3 Å². The minimum Gasteiger partial charge on any atom is -0.312 e. The third-order valence-corrected chi connectivity index (χ3v) is 4.13. The fourth-order valence-electron chi connectivity index (χ4n) is 2.00. The van der Waals surface area contributed by atoms with Crippen LogP contribution >= 0.6 is 22.9 Å². The van der Waals surface area contributed by atoms with E-state index in [1.807, 2.05) is 30.3 Å². The van der Waals surface area contributed by atoms with Crippen LogP contribution in [0.1, 0.15) is 15.9 Å². The van der Waals surface area contributed by atoms with E-state index >= 15 is 0 Å². The molecule has 1 aromatic carbocycles. The Hall–Kier alpha value is -2.42. The number of nitrogens with one attached hydrogen (secondary N) is 1. The quantitative estimate of drug-likeness (QED) is 0.725. The van der Waals surface area contributed by atoms with Gasteiger partial charge in [0.05, 0.1) is 11.1 Å². The number of benzene rings is 1. The Morgan fingerprint density at radius 2 is 2.05 bits per heavy atom. The molecule has 0 aliphatic rings. The predicted molar refractivity (Wildman–Crippen MR) is 83.7 cm³/mol. The molecule has 0 saturated heterocycles. The fourth-order valence-corrected chi connectivity index (χ4v) is 2.95. The number of hydrogen-bond acceptors (Lipinski definition) is 4. The molecule has 0 saturated carbocycles. The van der Waals surface area contributed by atoms with Crippen LogP contribution in [0.3, 0.4) is 0 Å². The molecule has 2 aromatic heterocycles. The second kappa shape index (κ2) is 5.52. The van der Waals surface area contributed by atoms with Crippen LogP contribution in [0.4, 0.5) is 5.00 Å². The third kappa shape index (κ3) is 2.47. The summed E-state index contributed by atoms with van der Waals surface area (Å²) < 4.78 is 0. The van der Waals surface area contributed by atoms with Gasteiger partial charge in [-0.1, -0.05) is 35.9 Å². The van der Waals surface area contributed by atoms with Gasteiger partial charge >= 0.3 is 0 Å². The van der Waals surface area contributed by atoms with E-state index in [0.717, 1.165) is 10.8 Å². The van der Waals surface area contributed by atoms with Crippen molar-refractivity contribution in [2.24, 2.45) is 0 Å². The van der Waals surface area contributed by atoms with Gasteiger partial charge in [-0.25, -0.2) is 4.98 Å². The van der Waals surface area contributed by atoms with Crippen molar-refractivity contribution in [2.75, 3.05) is 5.32 Å². The Balaban J connectivity index is 2.03. The largest absolute Gasteiger partial charge is 0.312 e. The molecule has 0 spiro atoms. The smallest absolute Gasteiger partial charge is 0.258 e. The topological polar surface area (TPSA) is 65.8 Å². The van der Waals surface area contributed by atoms with Crippen LogP contribution in [0.5, 0.6) is 0 Å². The molecule has 0 radical (unpaired) electrons. The molecule has 102 valence electrons. The summed E-state index contributed by atoms with van der Waals surface area (Å²) in [6, 6.07) is 11.0. The number of carbonyl (C=O) groups is 1. The van der Waals surface area contributed by atoms with E-state index in [1.54, 1.807) is 11.4 Å². The summed E-state index contributed by atoms with van der Waals surface area (Å²) in [5.41, 5.74) is 0.867. The van der Waals surface area contributed by atoms with Crippen molar-refractivity contribution >= 4 is 44.6 Å². The normalized spacial score (nSPS) is 10.3. The summed E-state index contributed by atoms with van der Waals surface area (Å²) in [4.78, 5) is 16.5. The molecule has 0 aliphatic carbocycles. The molecule has 6 heteroatoms. The van der Waals surface area contributed by atoms with Gasteiger partial charge in [0.25, 0.3) is 5.91 Å². The van der Waals surface area contributed by atoms with Crippen molar-refractivity contribution in [2.45, 2.75) is 0 Å². The maximum absolute atomic E-state index is 12.4. The predicted octanol–water partition coefficient (Wildman–Crippen LogP) is 4.07. The van der Waals surface area contributed by atoms with Crippen molar-refractivity contribution in [3.05, 3.63) is 58.2 Å². The molecular weight excluding hydrogens is 306 g/mol. The molecule has 0 unspecified atom stereocenters. The second-order valence-electron chi connectivity index (χ2n) is 4.24. The van der Waals surface area contributed by atoms with Crippen LogP contribution in [0, 0.1) is 11.3 Å². The van der Waals surface area contributed by atoms with Crippen molar-refractivity contribution in [1.29, 1.82) is 5.26 Å². The molecule has 0 atom stereocenters. The zero-order valence-corrected chi connectivity index (χ0v) is 12.2. The SMILES string of the molecule is N#Cc1ccsc1NC(=O)c1cnc(Cl)c2ccccc12. The monoisotopic (exact) mass is 313 g/mol. The summed E-state index contributed by atoms with van der Waals surface area (Å²) in [5, 5.41) is 15.8. The molecule has 1 amide bonds. The molecular formula is C15H8ClN3OS. The number of nitrogens with zero attached hydrogens (tertiary/aromatic N) is 2. The van der Waals surface area contributed by atoms with Crippen LogP contribution in [-0.4, -0.2) is 10.9 Å². The van der Waals surface area contributed by atoms with E-state index in [1.165, 1.54) is 17.5 Å². The standard InChI is InChI=1S/C15H8ClN3OS/c16-13-11-4-2-1-3-10(11)12(8-18-13)14(20)19-15-9(7-17)5-6-21-15/h1-6,8H,(H,19,20). The molecule has 3 rings (SSSR count). The number of nitriles is 1. The fraction of sp³-hybridized carbons (Fsp3) is 0. The van der Waals surface area contributed by atoms with Gasteiger partial charge in [0.2, 0.25) is 0 Å². The molecule has 21 heavy (non-hydrogen) atoms. The number of fused-ring (bicyclic) bond motifs is 1. The Labute approximate surface area is 129 Å². The molecule has 4 nitrogen and oxygen atoms in total. The summed E-state index contributed by atoms with van der Waals surface area (Å²) in [6.45, 7) is 0. The highest BCUT2D eigenvalue weighted by Crippen LogP contribution is 2.27. The van der Waals surface area contributed by atoms with Gasteiger partial charge in [-0.05, 0) is 16.8 Å². The Morgan fingerprint density at radius 1 is 1.29 bits per heavy atom. The lowest BCUT2D eigenvalue weighted by molar-refractivity contribution is 0.102. The number of pyridine rings is 1. The highest BCUT2D eigenvalue weighted by Gasteiger charge is 2.15. The Morgan fingerprint density at radius 3 is 2.81 bits per heavy atom. The minimum absolute atomic E-state index is 0.311. The number of amides is 1. The van der Waals surface area contributed by atoms with Gasteiger partial charge in [-0.15, -0.1) is 11.3 Å². The van der Waals surface area contributed by atoms with Crippen LogP contribution in [0.2, 0.25) is 5.15 Å². The van der Waals surface area contributed by atoms with Gasteiger partial charge in [0.15, 0.2) is 0 Å². The van der Waals surface area contributed by atoms with Gasteiger partial charge in [0, 0.05) is 11.6 Å². The van der Waals surface area contributed by atoms with Crippen LogP contribution in [-0.2, 0) is 0 Å². The summed E-state index contributed by atoms with van der Waals surface area (Å²) in [5.74, 6) is -0.311. The van der Waals surface area contributed by atoms with Crippen LogP contribution in [0.25, 0.3) is 10.8 Å². The summed E-state index contributed by atoms with van der Waals surface area (Å²) in [6.07, 6.45) is 1.44. The highest BCUT2D eigenvalue weighted by atomic mass is 35.5. The lowest BCUT2D eigenvalue weighted by Gasteiger charge is -2.07. The zero-order valence-electron chi connectivity index (χ0n) is 10.6. The van der Waals surface area contributed by atoms with E-state index in [9.17, 15) is 4.79 Å². The van der Waals surface area contributed by atoms with E-state index in [2.05, 4.69) is 10.3 Å². The second-order valence-corrected chi connectivity index (χ2v) is 5.51. The Bertz CT molecular complexity index is 882. The van der Waals surface area contributed by atoms with Gasteiger partial charge in [0.1, 0.15) is 16.2 Å². The van der Waals surface area contributed by atoms with E-state index < -0.39 is 0 Å². The van der Waals surface area contributed by atoms with Gasteiger partial charge in [-0.2, -0.15) is 5.26 Å². The van der Waals surface area contributed by atoms with Gasteiger partial charge < -0.3 is 5.32 Å². The lowest BCUT2D eigenvalue weighted by atomic mass is 10.1. The molecule has 0 fully saturated rings. The van der Waals surface area contributed by atoms with Crippen LogP contribution < -0.4 is 5.32 Å². The zero-order chi connectivity index (χ0) is 14.8. The molecule has 2 heterocycles. The number of anilines is 1. The van der Waals surface area contributed by atoms with E-state index in [4.69, 9.17) is 16.9 Å². The van der Waals surface area contributed by atoms with Crippen molar-refractivity contribution in [1.82, 2.24) is 4.98 Å². The minimum atomic E-state index is -0.311. The average Bonchev–Trinajstić information content (AvgIpc) is 2.95. The lowest BCUT2D eigenvalue weighted by Crippen LogP contribution is -2.12. The first-order chi connectivity index (χ1) is 10.2. The van der Waals surface area contributed by atoms with Crippen molar-refractivity contribution < 1.29 is 4.79 Å². The average molecular weight is 314 g/mol. The third-order valence-electron chi connectivity index (χ3n) is 3.00. The number of carbonyl (C=O) groups excluding carboxylic acids is 1. The first-order valence-electron chi connectivity index (χ1n) is 6.03. The maximum atomic E-state index is 12.4. The number of hydrogen-bond donors (Lipinski definition) is 1. The first-order valence-corrected chi connectivity index (χ1v) is 7.28. The number of aromatic nitrogens is 1. The van der Waals surface area contributed by atoms with Crippen LogP contribution in [0.15, 0.2) is 41.9 Å². The number of halogens is 1. The molecule has 3 aromatic rings. The van der Waals surface area contributed by atoms with Gasteiger partial charge in [-0.3, -0.25) is 4.79 Å². The maximum Gasteiger partial charge on any atom is 0.258 e. The molecule has 0 bridgehead atoms. The number of thiophene rings is 1. The summed E-state index contributed by atoms with van der Waals surface area (Å²) in [7, 11) is 0. The molecule has 0 aliphatic heterocycles. The summed E-state index contributed by atoms with van der Waals surface area (Å²) >= 11 is 7.35. The van der Waals surface area contributed by atoms with E-state index in [-0.39, 0.29) is 5.91 Å². The number of rotatable bonds is 2. The van der Waals surface area contributed by atoms with Crippen molar-refractivity contribution in [3.8, 4) is 6.07 Å². The first kappa shape index (κ1) is 13.6. The molecule has 1 N–H and O–H groups in total. The van der Waals surface area contributed by atoms with Crippen molar-refractivity contribution in [3.63, 3.8) is 0 Å². The Kier molecular flexibility index (Phi) is 3.57. The highest BCUT2D eigenvalue weighted by molar-refractivity contribution is 7.14.